The van der Waals surface area contributed by atoms with Crippen LogP contribution < -0.4 is 5.73 Å². The summed E-state index contributed by atoms with van der Waals surface area (Å²) in [5.74, 6) is 1.22. The average molecular weight is 247 g/mol. The van der Waals surface area contributed by atoms with Crippen molar-refractivity contribution in [3.05, 3.63) is 34.9 Å². The summed E-state index contributed by atoms with van der Waals surface area (Å²) >= 11 is 0. The summed E-state index contributed by atoms with van der Waals surface area (Å²) in [6, 6.07) is 6.92. The first kappa shape index (κ1) is 15.2. The van der Waals surface area contributed by atoms with Crippen molar-refractivity contribution in [3.63, 3.8) is 0 Å². The van der Waals surface area contributed by atoms with Gasteiger partial charge in [-0.2, -0.15) is 0 Å². The van der Waals surface area contributed by atoms with Crippen molar-refractivity contribution in [2.45, 2.75) is 59.3 Å². The van der Waals surface area contributed by atoms with Crippen LogP contribution in [0.15, 0.2) is 18.2 Å². The van der Waals surface area contributed by atoms with Crippen molar-refractivity contribution in [1.82, 2.24) is 0 Å². The highest BCUT2D eigenvalue weighted by Gasteiger charge is 2.19. The molecule has 1 aromatic rings. The van der Waals surface area contributed by atoms with Gasteiger partial charge in [-0.15, -0.1) is 0 Å². The molecule has 0 spiro atoms. The van der Waals surface area contributed by atoms with Crippen molar-refractivity contribution >= 4 is 0 Å². The molecule has 18 heavy (non-hydrogen) atoms. The second kappa shape index (κ2) is 5.88. The zero-order valence-corrected chi connectivity index (χ0v) is 12.9. The molecule has 2 N–H and O–H groups in total. The number of nitrogens with two attached hydrogens (primary N) is 1. The molecule has 0 amide bonds. The first-order valence-corrected chi connectivity index (χ1v) is 7.08. The van der Waals surface area contributed by atoms with Gasteiger partial charge in [-0.3, -0.25) is 0 Å². The Morgan fingerprint density at radius 3 is 2.28 bits per heavy atom. The Morgan fingerprint density at radius 2 is 1.78 bits per heavy atom. The van der Waals surface area contributed by atoms with Gasteiger partial charge in [0.2, 0.25) is 0 Å². The SMILES string of the molecule is Cc1ccc(C(C)(C)C)cc1C(C)C(C)CCN. The predicted molar refractivity (Wildman–Crippen MR) is 81.1 cm³/mol. The van der Waals surface area contributed by atoms with E-state index in [4.69, 9.17) is 5.73 Å². The Balaban J connectivity index is 3.08. The molecule has 0 aliphatic carbocycles. The monoisotopic (exact) mass is 247 g/mol. The molecule has 0 fully saturated rings. The van der Waals surface area contributed by atoms with Gasteiger partial charge in [0.05, 0.1) is 0 Å². The van der Waals surface area contributed by atoms with Gasteiger partial charge in [0.25, 0.3) is 0 Å². The van der Waals surface area contributed by atoms with E-state index in [1.807, 2.05) is 0 Å². The molecule has 102 valence electrons. The lowest BCUT2D eigenvalue weighted by molar-refractivity contribution is 0.457. The normalized spacial score (nSPS) is 15.5. The fraction of sp³-hybridized carbons (Fsp3) is 0.647. The molecular weight excluding hydrogens is 218 g/mol. The van der Waals surface area contributed by atoms with E-state index in [9.17, 15) is 0 Å². The van der Waals surface area contributed by atoms with Crippen molar-refractivity contribution in [2.75, 3.05) is 6.54 Å². The van der Waals surface area contributed by atoms with Crippen molar-refractivity contribution in [3.8, 4) is 0 Å². The Morgan fingerprint density at radius 1 is 1.17 bits per heavy atom. The van der Waals surface area contributed by atoms with Crippen LogP contribution in [0.3, 0.4) is 0 Å². The molecule has 0 saturated heterocycles. The van der Waals surface area contributed by atoms with Crippen molar-refractivity contribution in [1.29, 1.82) is 0 Å². The zero-order chi connectivity index (χ0) is 13.9. The highest BCUT2D eigenvalue weighted by molar-refractivity contribution is 5.36. The van der Waals surface area contributed by atoms with E-state index >= 15 is 0 Å². The largest absolute Gasteiger partial charge is 0.330 e. The van der Waals surface area contributed by atoms with Crippen LogP contribution in [-0.2, 0) is 5.41 Å². The van der Waals surface area contributed by atoms with Crippen LogP contribution in [0.4, 0.5) is 0 Å². The molecule has 1 aromatic carbocycles. The molecule has 2 atom stereocenters. The van der Waals surface area contributed by atoms with Crippen LogP contribution in [-0.4, -0.2) is 6.54 Å². The maximum absolute atomic E-state index is 5.68. The van der Waals surface area contributed by atoms with E-state index in [0.717, 1.165) is 13.0 Å². The smallest absolute Gasteiger partial charge is 0.00745 e. The molecule has 0 aromatic heterocycles. The lowest BCUT2D eigenvalue weighted by Crippen LogP contribution is -2.15. The lowest BCUT2D eigenvalue weighted by Gasteiger charge is -2.25. The van der Waals surface area contributed by atoms with E-state index in [2.05, 4.69) is 59.7 Å². The number of aryl methyl sites for hydroxylation is 1. The first-order chi connectivity index (χ1) is 8.27. The molecule has 1 rings (SSSR count). The van der Waals surface area contributed by atoms with Crippen LogP contribution in [0.1, 0.15) is 63.6 Å². The van der Waals surface area contributed by atoms with Crippen LogP contribution >= 0.6 is 0 Å². The third-order valence-electron chi connectivity index (χ3n) is 4.11. The number of hydrogen-bond donors (Lipinski definition) is 1. The van der Waals surface area contributed by atoms with Gasteiger partial charge in [0.15, 0.2) is 0 Å². The maximum Gasteiger partial charge on any atom is -0.00745 e. The van der Waals surface area contributed by atoms with Gasteiger partial charge >= 0.3 is 0 Å². The van der Waals surface area contributed by atoms with Crippen LogP contribution in [0, 0.1) is 12.8 Å². The zero-order valence-electron chi connectivity index (χ0n) is 12.9. The molecule has 0 bridgehead atoms. The topological polar surface area (TPSA) is 26.0 Å². The molecular formula is C17H29N. The minimum Gasteiger partial charge on any atom is -0.330 e. The molecule has 0 aliphatic heterocycles. The standard InChI is InChI=1S/C17H29N/c1-12(9-10-18)14(3)16-11-15(17(4,5)6)8-7-13(16)2/h7-8,11-12,14H,9-10,18H2,1-6H3. The molecule has 2 unspecified atom stereocenters. The molecule has 0 radical (unpaired) electrons. The third-order valence-corrected chi connectivity index (χ3v) is 4.11. The number of hydrogen-bond acceptors (Lipinski definition) is 1. The minimum atomic E-state index is 0.222. The fourth-order valence-electron chi connectivity index (χ4n) is 2.42. The number of benzene rings is 1. The summed E-state index contributed by atoms with van der Waals surface area (Å²) in [7, 11) is 0. The molecule has 0 aliphatic rings. The summed E-state index contributed by atoms with van der Waals surface area (Å²) in [6.45, 7) is 14.5. The molecule has 1 heteroatoms. The maximum atomic E-state index is 5.68. The predicted octanol–water partition coefficient (Wildman–Crippen LogP) is 4.38. The highest BCUT2D eigenvalue weighted by atomic mass is 14.5. The molecule has 0 heterocycles. The van der Waals surface area contributed by atoms with Crippen LogP contribution in [0.5, 0.6) is 0 Å². The Bertz CT molecular complexity index is 387. The lowest BCUT2D eigenvalue weighted by atomic mass is 9.80. The summed E-state index contributed by atoms with van der Waals surface area (Å²) in [6.07, 6.45) is 1.10. The fourth-order valence-corrected chi connectivity index (χ4v) is 2.42. The van der Waals surface area contributed by atoms with Crippen molar-refractivity contribution < 1.29 is 0 Å². The third kappa shape index (κ3) is 3.58. The summed E-state index contributed by atoms with van der Waals surface area (Å²) in [5.41, 5.74) is 10.2. The van der Waals surface area contributed by atoms with E-state index in [1.54, 1.807) is 0 Å². The molecule has 1 nitrogen and oxygen atoms in total. The summed E-state index contributed by atoms with van der Waals surface area (Å²) in [5, 5.41) is 0. The van der Waals surface area contributed by atoms with E-state index < -0.39 is 0 Å². The van der Waals surface area contributed by atoms with Gasteiger partial charge < -0.3 is 5.73 Å². The number of rotatable bonds is 4. The highest BCUT2D eigenvalue weighted by Crippen LogP contribution is 2.32. The van der Waals surface area contributed by atoms with Gasteiger partial charge in [-0.1, -0.05) is 52.8 Å². The second-order valence-corrected chi connectivity index (χ2v) is 6.66. The quantitative estimate of drug-likeness (QED) is 0.839. The van der Waals surface area contributed by atoms with Gasteiger partial charge in [0.1, 0.15) is 0 Å². The summed E-state index contributed by atoms with van der Waals surface area (Å²) in [4.78, 5) is 0. The van der Waals surface area contributed by atoms with Crippen molar-refractivity contribution in [2.24, 2.45) is 11.7 Å². The minimum absolute atomic E-state index is 0.222. The van der Waals surface area contributed by atoms with Crippen LogP contribution in [0.25, 0.3) is 0 Å². The van der Waals surface area contributed by atoms with E-state index in [1.165, 1.54) is 16.7 Å². The van der Waals surface area contributed by atoms with Gasteiger partial charge in [-0.05, 0) is 53.8 Å². The van der Waals surface area contributed by atoms with Crippen LogP contribution in [0.2, 0.25) is 0 Å². The Hall–Kier alpha value is -0.820. The second-order valence-electron chi connectivity index (χ2n) is 6.66. The van der Waals surface area contributed by atoms with Gasteiger partial charge in [0, 0.05) is 0 Å². The molecule has 0 saturated carbocycles. The van der Waals surface area contributed by atoms with E-state index in [-0.39, 0.29) is 5.41 Å². The van der Waals surface area contributed by atoms with E-state index in [0.29, 0.717) is 11.8 Å². The first-order valence-electron chi connectivity index (χ1n) is 7.08. The van der Waals surface area contributed by atoms with Gasteiger partial charge in [-0.25, -0.2) is 0 Å². The average Bonchev–Trinajstić information content (AvgIpc) is 2.27. The Kier molecular flexibility index (Phi) is 4.98. The summed E-state index contributed by atoms with van der Waals surface area (Å²) < 4.78 is 0. The Labute approximate surface area is 113 Å².